The number of hydrogen-bond acceptors (Lipinski definition) is 3. The number of carbonyl (C=O) groups is 3. The Hall–Kier alpha value is -1.59. The number of rotatable bonds is 3. The summed E-state index contributed by atoms with van der Waals surface area (Å²) in [4.78, 5) is 43.4. The highest BCUT2D eigenvalue weighted by molar-refractivity contribution is 6.09. The molecule has 2 aliphatic heterocycles. The first-order valence-electron chi connectivity index (χ1n) is 10.0. The van der Waals surface area contributed by atoms with Crippen LogP contribution in [0.3, 0.4) is 0 Å². The van der Waals surface area contributed by atoms with Gasteiger partial charge in [-0.25, -0.2) is 4.79 Å². The van der Waals surface area contributed by atoms with Gasteiger partial charge in [-0.2, -0.15) is 0 Å². The van der Waals surface area contributed by atoms with E-state index in [0.29, 0.717) is 0 Å². The van der Waals surface area contributed by atoms with E-state index in [0.717, 1.165) is 57.9 Å². The Morgan fingerprint density at radius 3 is 2.38 bits per heavy atom. The van der Waals surface area contributed by atoms with Crippen molar-refractivity contribution in [3.63, 3.8) is 0 Å². The Bertz CT molecular complexity index is 590. The number of amides is 4. The van der Waals surface area contributed by atoms with E-state index in [-0.39, 0.29) is 35.8 Å². The van der Waals surface area contributed by atoms with Crippen molar-refractivity contribution in [3.05, 3.63) is 0 Å². The van der Waals surface area contributed by atoms with Gasteiger partial charge in [0.2, 0.25) is 5.91 Å². The van der Waals surface area contributed by atoms with Crippen LogP contribution >= 0.6 is 0 Å². The zero-order valence-electron chi connectivity index (χ0n) is 16.7. The molecule has 1 atom stereocenters. The summed E-state index contributed by atoms with van der Waals surface area (Å²) in [6.45, 7) is 7.18. The Balaban J connectivity index is 1.71. The van der Waals surface area contributed by atoms with E-state index in [1.54, 1.807) is 11.9 Å². The van der Waals surface area contributed by atoms with Gasteiger partial charge in [-0.3, -0.25) is 14.5 Å². The van der Waals surface area contributed by atoms with Crippen LogP contribution in [0.25, 0.3) is 0 Å². The molecule has 1 unspecified atom stereocenters. The van der Waals surface area contributed by atoms with Gasteiger partial charge in [-0.15, -0.1) is 0 Å². The normalized spacial score (nSPS) is 26.3. The third kappa shape index (κ3) is 3.35. The summed E-state index contributed by atoms with van der Waals surface area (Å²) in [5.74, 6) is -0.246. The minimum Gasteiger partial charge on any atom is -0.338 e. The SMILES string of the molecule is CN1C(=O)N(CC(=O)N2CCCC2CC(C)(C)C)C(=O)C12CCCCC2. The van der Waals surface area contributed by atoms with Crippen molar-refractivity contribution >= 4 is 17.8 Å². The van der Waals surface area contributed by atoms with E-state index in [4.69, 9.17) is 0 Å². The molecule has 4 amide bonds. The predicted molar refractivity (Wildman–Crippen MR) is 99.5 cm³/mol. The summed E-state index contributed by atoms with van der Waals surface area (Å²) < 4.78 is 0. The Morgan fingerprint density at radius 2 is 1.77 bits per heavy atom. The van der Waals surface area contributed by atoms with Crippen LogP contribution in [-0.4, -0.2) is 64.3 Å². The van der Waals surface area contributed by atoms with E-state index in [2.05, 4.69) is 20.8 Å². The highest BCUT2D eigenvalue weighted by Crippen LogP contribution is 2.39. The molecule has 0 aromatic carbocycles. The molecule has 6 nitrogen and oxygen atoms in total. The molecule has 2 heterocycles. The number of likely N-dealkylation sites (tertiary alicyclic amines) is 1. The van der Waals surface area contributed by atoms with Crippen molar-refractivity contribution in [2.45, 2.75) is 83.7 Å². The van der Waals surface area contributed by atoms with Crippen LogP contribution in [0.15, 0.2) is 0 Å². The summed E-state index contributed by atoms with van der Waals surface area (Å²) in [5.41, 5.74) is -0.551. The van der Waals surface area contributed by atoms with Crippen LogP contribution in [0, 0.1) is 5.41 Å². The molecule has 0 radical (unpaired) electrons. The minimum atomic E-state index is -0.703. The Kier molecular flexibility index (Phi) is 5.06. The van der Waals surface area contributed by atoms with Gasteiger partial charge in [-0.05, 0) is 37.5 Å². The van der Waals surface area contributed by atoms with Crippen molar-refractivity contribution in [2.24, 2.45) is 5.41 Å². The Labute approximate surface area is 156 Å². The standard InChI is InChI=1S/C20H33N3O3/c1-19(2,3)13-15-9-8-12-22(15)16(24)14-23-17(25)20(21(4)18(23)26)10-6-5-7-11-20/h15H,5-14H2,1-4H3. The van der Waals surface area contributed by atoms with Gasteiger partial charge in [0.05, 0.1) is 0 Å². The lowest BCUT2D eigenvalue weighted by Crippen LogP contribution is -2.50. The molecule has 1 spiro atoms. The molecule has 0 aromatic rings. The van der Waals surface area contributed by atoms with Crippen molar-refractivity contribution in [3.8, 4) is 0 Å². The number of carbonyl (C=O) groups excluding carboxylic acids is 3. The average molecular weight is 364 g/mol. The van der Waals surface area contributed by atoms with Crippen LogP contribution in [0.2, 0.25) is 0 Å². The quantitative estimate of drug-likeness (QED) is 0.724. The molecular weight excluding hydrogens is 330 g/mol. The van der Waals surface area contributed by atoms with Gasteiger partial charge < -0.3 is 9.80 Å². The highest BCUT2D eigenvalue weighted by Gasteiger charge is 2.56. The van der Waals surface area contributed by atoms with Gasteiger partial charge in [0.25, 0.3) is 5.91 Å². The first-order valence-corrected chi connectivity index (χ1v) is 10.0. The van der Waals surface area contributed by atoms with E-state index < -0.39 is 5.54 Å². The lowest BCUT2D eigenvalue weighted by molar-refractivity contribution is -0.141. The van der Waals surface area contributed by atoms with Crippen molar-refractivity contribution < 1.29 is 14.4 Å². The summed E-state index contributed by atoms with van der Waals surface area (Å²) in [7, 11) is 1.72. The van der Waals surface area contributed by atoms with E-state index >= 15 is 0 Å². The molecule has 1 saturated carbocycles. The van der Waals surface area contributed by atoms with Crippen LogP contribution in [0.4, 0.5) is 4.79 Å². The van der Waals surface area contributed by atoms with Crippen LogP contribution in [0.1, 0.15) is 72.1 Å². The fourth-order valence-corrected chi connectivity index (χ4v) is 4.98. The van der Waals surface area contributed by atoms with Crippen molar-refractivity contribution in [1.82, 2.24) is 14.7 Å². The molecule has 3 aliphatic rings. The fraction of sp³-hybridized carbons (Fsp3) is 0.850. The van der Waals surface area contributed by atoms with Crippen molar-refractivity contribution in [1.29, 1.82) is 0 Å². The number of nitrogens with zero attached hydrogens (tertiary/aromatic N) is 3. The molecule has 146 valence electrons. The molecule has 0 aromatic heterocycles. The first kappa shape index (κ1) is 19.2. The van der Waals surface area contributed by atoms with Gasteiger partial charge in [0.1, 0.15) is 12.1 Å². The smallest absolute Gasteiger partial charge is 0.327 e. The van der Waals surface area contributed by atoms with E-state index in [1.165, 1.54) is 4.90 Å². The summed E-state index contributed by atoms with van der Waals surface area (Å²) in [5, 5.41) is 0. The largest absolute Gasteiger partial charge is 0.338 e. The van der Waals surface area contributed by atoms with E-state index in [1.807, 2.05) is 4.90 Å². The molecule has 2 saturated heterocycles. The zero-order chi connectivity index (χ0) is 19.1. The molecule has 3 rings (SSSR count). The highest BCUT2D eigenvalue weighted by atomic mass is 16.2. The number of imide groups is 1. The second-order valence-corrected chi connectivity index (χ2v) is 9.47. The Morgan fingerprint density at radius 1 is 1.12 bits per heavy atom. The van der Waals surface area contributed by atoms with Crippen LogP contribution in [0.5, 0.6) is 0 Å². The fourth-order valence-electron chi connectivity index (χ4n) is 4.98. The molecule has 26 heavy (non-hydrogen) atoms. The van der Waals surface area contributed by atoms with Crippen LogP contribution in [-0.2, 0) is 9.59 Å². The summed E-state index contributed by atoms with van der Waals surface area (Å²) in [6, 6.07) is -0.0894. The molecule has 1 aliphatic carbocycles. The number of urea groups is 1. The van der Waals surface area contributed by atoms with Gasteiger partial charge in [0.15, 0.2) is 0 Å². The maximum absolute atomic E-state index is 13.1. The molecule has 0 N–H and O–H groups in total. The second kappa shape index (κ2) is 6.86. The number of likely N-dealkylation sites (N-methyl/N-ethyl adjacent to an activating group) is 1. The molecular formula is C20H33N3O3. The summed E-state index contributed by atoms with van der Waals surface area (Å²) in [6.07, 6.45) is 7.43. The maximum atomic E-state index is 13.1. The first-order chi connectivity index (χ1) is 12.2. The monoisotopic (exact) mass is 363 g/mol. The topological polar surface area (TPSA) is 60.9 Å². The van der Waals surface area contributed by atoms with Crippen LogP contribution < -0.4 is 0 Å². The molecule has 6 heteroatoms. The maximum Gasteiger partial charge on any atom is 0.327 e. The molecule has 0 bridgehead atoms. The third-order valence-electron chi connectivity index (χ3n) is 6.32. The summed E-state index contributed by atoms with van der Waals surface area (Å²) >= 11 is 0. The van der Waals surface area contributed by atoms with Crippen molar-refractivity contribution in [2.75, 3.05) is 20.1 Å². The lowest BCUT2D eigenvalue weighted by Gasteiger charge is -2.36. The van der Waals surface area contributed by atoms with Gasteiger partial charge in [-0.1, -0.05) is 40.0 Å². The average Bonchev–Trinajstić information content (AvgIpc) is 3.09. The zero-order valence-corrected chi connectivity index (χ0v) is 16.7. The second-order valence-electron chi connectivity index (χ2n) is 9.47. The van der Waals surface area contributed by atoms with Gasteiger partial charge >= 0.3 is 6.03 Å². The lowest BCUT2D eigenvalue weighted by atomic mass is 9.81. The van der Waals surface area contributed by atoms with E-state index in [9.17, 15) is 14.4 Å². The predicted octanol–water partition coefficient (Wildman–Crippen LogP) is 3.01. The number of hydrogen-bond donors (Lipinski definition) is 0. The van der Waals surface area contributed by atoms with Gasteiger partial charge in [0, 0.05) is 19.6 Å². The molecule has 3 fully saturated rings. The third-order valence-corrected chi connectivity index (χ3v) is 6.32. The minimum absolute atomic E-state index is 0.0836.